The molecule has 1 N–H and O–H groups in total. The average molecular weight is 227 g/mol. The van der Waals surface area contributed by atoms with E-state index < -0.39 is 5.97 Å². The number of hydrogen-bond acceptors (Lipinski definition) is 5. The lowest BCUT2D eigenvalue weighted by Gasteiger charge is -2.02. The fourth-order valence-corrected chi connectivity index (χ4v) is 1.07. The number of nitrogens with one attached hydrogen (secondary N) is 1. The smallest absolute Gasteiger partial charge is 0.337 e. The second kappa shape index (κ2) is 5.94. The summed E-state index contributed by atoms with van der Waals surface area (Å²) in [6, 6.07) is 9.91. The zero-order chi connectivity index (χ0) is 12.7. The lowest BCUT2D eigenvalue weighted by molar-refractivity contribution is 0.0601. The van der Waals surface area contributed by atoms with Crippen molar-refractivity contribution in [1.82, 2.24) is 0 Å². The number of benzene rings is 1. The van der Waals surface area contributed by atoms with E-state index >= 15 is 0 Å². The number of nitrogens with zero attached hydrogens (tertiary/aromatic N) is 2. The molecule has 84 valence electrons. The maximum absolute atomic E-state index is 11.1. The number of allylic oxidation sites excluding steroid dienone is 1. The van der Waals surface area contributed by atoms with Gasteiger partial charge in [-0.2, -0.15) is 10.5 Å². The van der Waals surface area contributed by atoms with Crippen molar-refractivity contribution < 1.29 is 9.53 Å². The fraction of sp³-hybridized carbons (Fsp3) is 0.0833. The molecule has 0 radical (unpaired) electrons. The number of hydrogen-bond donors (Lipinski definition) is 1. The minimum atomic E-state index is -0.415. The molecule has 1 aromatic carbocycles. The molecule has 0 amide bonds. The zero-order valence-corrected chi connectivity index (χ0v) is 9.10. The van der Waals surface area contributed by atoms with Gasteiger partial charge in [0.1, 0.15) is 17.7 Å². The lowest BCUT2D eigenvalue weighted by atomic mass is 10.2. The van der Waals surface area contributed by atoms with Crippen LogP contribution in [0.3, 0.4) is 0 Å². The summed E-state index contributed by atoms with van der Waals surface area (Å²) < 4.78 is 4.55. The van der Waals surface area contributed by atoms with Crippen LogP contribution in [0.1, 0.15) is 10.4 Å². The number of methoxy groups -OCH3 is 1. The molecule has 0 spiro atoms. The van der Waals surface area contributed by atoms with E-state index in [1.165, 1.54) is 13.3 Å². The molecule has 0 saturated carbocycles. The number of ether oxygens (including phenoxy) is 1. The van der Waals surface area contributed by atoms with Crippen molar-refractivity contribution in [3.8, 4) is 12.1 Å². The van der Waals surface area contributed by atoms with E-state index in [0.29, 0.717) is 11.3 Å². The molecule has 0 heterocycles. The Hall–Kier alpha value is -2.79. The molecule has 0 aliphatic rings. The van der Waals surface area contributed by atoms with Crippen molar-refractivity contribution in [2.24, 2.45) is 0 Å². The van der Waals surface area contributed by atoms with Crippen LogP contribution in [0.15, 0.2) is 36.0 Å². The molecular weight excluding hydrogens is 218 g/mol. The van der Waals surface area contributed by atoms with Gasteiger partial charge < -0.3 is 10.1 Å². The number of rotatable bonds is 3. The van der Waals surface area contributed by atoms with E-state index in [4.69, 9.17) is 10.5 Å². The highest BCUT2D eigenvalue weighted by molar-refractivity contribution is 5.89. The topological polar surface area (TPSA) is 85.9 Å². The predicted octanol–water partition coefficient (Wildman–Crippen LogP) is 1.82. The number of anilines is 1. The molecule has 0 aliphatic heterocycles. The summed E-state index contributed by atoms with van der Waals surface area (Å²) in [5.41, 5.74) is 1.07. The molecule has 0 bridgehead atoms. The summed E-state index contributed by atoms with van der Waals surface area (Å²) in [5.74, 6) is -0.415. The number of esters is 1. The van der Waals surface area contributed by atoms with Crippen LogP contribution in [-0.4, -0.2) is 13.1 Å². The normalized spacial score (nSPS) is 8.41. The Balaban J connectivity index is 2.77. The van der Waals surface area contributed by atoms with E-state index in [2.05, 4.69) is 10.1 Å². The first-order chi connectivity index (χ1) is 8.21. The second-order valence-electron chi connectivity index (χ2n) is 2.99. The minimum Gasteiger partial charge on any atom is -0.465 e. The van der Waals surface area contributed by atoms with Crippen LogP contribution in [0.5, 0.6) is 0 Å². The average Bonchev–Trinajstić information content (AvgIpc) is 2.39. The Labute approximate surface area is 98.5 Å². The largest absolute Gasteiger partial charge is 0.465 e. The first-order valence-electron chi connectivity index (χ1n) is 4.66. The van der Waals surface area contributed by atoms with Gasteiger partial charge in [0.05, 0.1) is 12.7 Å². The molecule has 0 aliphatic carbocycles. The van der Waals surface area contributed by atoms with Gasteiger partial charge in [-0.05, 0) is 24.3 Å². The monoisotopic (exact) mass is 227 g/mol. The van der Waals surface area contributed by atoms with Crippen LogP contribution in [0.4, 0.5) is 5.69 Å². The van der Waals surface area contributed by atoms with Crippen molar-refractivity contribution in [3.63, 3.8) is 0 Å². The van der Waals surface area contributed by atoms with Crippen molar-refractivity contribution >= 4 is 11.7 Å². The summed E-state index contributed by atoms with van der Waals surface area (Å²) in [7, 11) is 1.31. The molecular formula is C12H9N3O2. The van der Waals surface area contributed by atoms with Crippen LogP contribution in [0.2, 0.25) is 0 Å². The van der Waals surface area contributed by atoms with E-state index in [9.17, 15) is 4.79 Å². The summed E-state index contributed by atoms with van der Waals surface area (Å²) in [6.07, 6.45) is 1.30. The number of nitriles is 2. The van der Waals surface area contributed by atoms with Crippen LogP contribution in [0.25, 0.3) is 0 Å². The van der Waals surface area contributed by atoms with E-state index in [0.717, 1.165) is 0 Å². The molecule has 0 fully saturated rings. The van der Waals surface area contributed by atoms with Gasteiger partial charge in [0.25, 0.3) is 0 Å². The van der Waals surface area contributed by atoms with Crippen molar-refractivity contribution in [2.45, 2.75) is 0 Å². The lowest BCUT2D eigenvalue weighted by Crippen LogP contribution is -2.00. The third kappa shape index (κ3) is 3.37. The summed E-state index contributed by atoms with van der Waals surface area (Å²) >= 11 is 0. The van der Waals surface area contributed by atoms with E-state index in [1.54, 1.807) is 36.4 Å². The van der Waals surface area contributed by atoms with Crippen LogP contribution >= 0.6 is 0 Å². The SMILES string of the molecule is COC(=O)c1ccc(NC=C(C#N)C#N)cc1. The van der Waals surface area contributed by atoms with Gasteiger partial charge in [0.2, 0.25) is 0 Å². The summed E-state index contributed by atoms with van der Waals surface area (Å²) in [5, 5.41) is 19.8. The van der Waals surface area contributed by atoms with Gasteiger partial charge >= 0.3 is 5.97 Å². The molecule has 1 aromatic rings. The Morgan fingerprint density at radius 3 is 2.35 bits per heavy atom. The van der Waals surface area contributed by atoms with Crippen molar-refractivity contribution in [2.75, 3.05) is 12.4 Å². The first-order valence-corrected chi connectivity index (χ1v) is 4.66. The number of carbonyl (C=O) groups is 1. The van der Waals surface area contributed by atoms with Crippen LogP contribution < -0.4 is 5.32 Å². The highest BCUT2D eigenvalue weighted by Gasteiger charge is 2.03. The van der Waals surface area contributed by atoms with Crippen molar-refractivity contribution in [3.05, 3.63) is 41.6 Å². The maximum Gasteiger partial charge on any atom is 0.337 e. The van der Waals surface area contributed by atoms with Crippen LogP contribution in [-0.2, 0) is 4.74 Å². The van der Waals surface area contributed by atoms with Gasteiger partial charge in [-0.1, -0.05) is 0 Å². The molecule has 5 nitrogen and oxygen atoms in total. The number of carbonyl (C=O) groups excluding carboxylic acids is 1. The highest BCUT2D eigenvalue weighted by Crippen LogP contribution is 2.10. The van der Waals surface area contributed by atoms with Gasteiger partial charge in [0, 0.05) is 11.9 Å². The quantitative estimate of drug-likeness (QED) is 0.628. The Bertz CT molecular complexity index is 502. The zero-order valence-electron chi connectivity index (χ0n) is 9.10. The molecule has 1 rings (SSSR count). The highest BCUT2D eigenvalue weighted by atomic mass is 16.5. The second-order valence-corrected chi connectivity index (χ2v) is 2.99. The van der Waals surface area contributed by atoms with Gasteiger partial charge in [-0.15, -0.1) is 0 Å². The molecule has 0 saturated heterocycles. The molecule has 17 heavy (non-hydrogen) atoms. The third-order valence-electron chi connectivity index (χ3n) is 1.93. The van der Waals surface area contributed by atoms with Gasteiger partial charge in [-0.25, -0.2) is 4.79 Å². The third-order valence-corrected chi connectivity index (χ3v) is 1.93. The molecule has 0 atom stereocenters. The van der Waals surface area contributed by atoms with E-state index in [-0.39, 0.29) is 5.57 Å². The standard InChI is InChI=1S/C12H9N3O2/c1-17-12(16)10-2-4-11(5-3-10)15-8-9(6-13)7-14/h2-5,8,15H,1H3. The Morgan fingerprint density at radius 1 is 1.29 bits per heavy atom. The minimum absolute atomic E-state index is 0.0259. The summed E-state index contributed by atoms with van der Waals surface area (Å²) in [6.45, 7) is 0. The maximum atomic E-state index is 11.1. The molecule has 0 unspecified atom stereocenters. The fourth-order valence-electron chi connectivity index (χ4n) is 1.07. The van der Waals surface area contributed by atoms with E-state index in [1.807, 2.05) is 0 Å². The predicted molar refractivity (Wildman–Crippen MR) is 60.7 cm³/mol. The Morgan fingerprint density at radius 2 is 1.88 bits per heavy atom. The Kier molecular flexibility index (Phi) is 4.29. The molecule has 5 heteroatoms. The van der Waals surface area contributed by atoms with Gasteiger partial charge in [0.15, 0.2) is 0 Å². The first kappa shape index (κ1) is 12.3. The summed E-state index contributed by atoms with van der Waals surface area (Å²) in [4.78, 5) is 11.1. The van der Waals surface area contributed by atoms with Crippen LogP contribution in [0, 0.1) is 22.7 Å². The van der Waals surface area contributed by atoms with Crippen molar-refractivity contribution in [1.29, 1.82) is 10.5 Å². The van der Waals surface area contributed by atoms with Gasteiger partial charge in [-0.3, -0.25) is 0 Å². The molecule has 0 aromatic heterocycles.